The lowest BCUT2D eigenvalue weighted by molar-refractivity contribution is -0.134. The normalized spacial score (nSPS) is 13.6. The van der Waals surface area contributed by atoms with Gasteiger partial charge in [0.1, 0.15) is 4.88 Å². The standard InChI is InChI=1S/C17H27F3S/c1-3-5-7-9-11-14(10-8-6-4-2)15-12-13-16(21-15)17(18,19)20/h12-14H,3-11H2,1-2H3. The fraction of sp³-hybridized carbons (Fsp3) is 0.765. The highest BCUT2D eigenvalue weighted by atomic mass is 32.1. The molecule has 4 heteroatoms. The molecule has 0 aliphatic carbocycles. The van der Waals surface area contributed by atoms with E-state index in [0.717, 1.165) is 48.3 Å². The van der Waals surface area contributed by atoms with Crippen LogP contribution < -0.4 is 0 Å². The first-order valence-electron chi connectivity index (χ1n) is 8.16. The highest BCUT2D eigenvalue weighted by molar-refractivity contribution is 7.12. The third kappa shape index (κ3) is 6.86. The fourth-order valence-electron chi connectivity index (χ4n) is 2.61. The van der Waals surface area contributed by atoms with Crippen LogP contribution in [0.5, 0.6) is 0 Å². The van der Waals surface area contributed by atoms with Crippen molar-refractivity contribution < 1.29 is 13.2 Å². The van der Waals surface area contributed by atoms with E-state index in [1.165, 1.54) is 31.7 Å². The summed E-state index contributed by atoms with van der Waals surface area (Å²) < 4.78 is 38.2. The van der Waals surface area contributed by atoms with Gasteiger partial charge in [-0.2, -0.15) is 13.2 Å². The summed E-state index contributed by atoms with van der Waals surface area (Å²) in [4.78, 5) is 0.474. The predicted octanol–water partition coefficient (Wildman–Crippen LogP) is 7.40. The van der Waals surface area contributed by atoms with Crippen LogP contribution in [0.1, 0.15) is 87.3 Å². The summed E-state index contributed by atoms with van der Waals surface area (Å²) in [6, 6.07) is 2.95. The predicted molar refractivity (Wildman–Crippen MR) is 85.0 cm³/mol. The van der Waals surface area contributed by atoms with Crippen molar-refractivity contribution in [3.8, 4) is 0 Å². The Labute approximate surface area is 130 Å². The average molecular weight is 320 g/mol. The van der Waals surface area contributed by atoms with Gasteiger partial charge in [-0.05, 0) is 30.9 Å². The lowest BCUT2D eigenvalue weighted by Crippen LogP contribution is -2.01. The smallest absolute Gasteiger partial charge is 0.165 e. The molecule has 1 aromatic heterocycles. The van der Waals surface area contributed by atoms with E-state index < -0.39 is 11.1 Å². The third-order valence-electron chi connectivity index (χ3n) is 3.87. The van der Waals surface area contributed by atoms with E-state index in [0.29, 0.717) is 5.92 Å². The number of thiophene rings is 1. The second-order valence-electron chi connectivity index (χ2n) is 5.74. The minimum Gasteiger partial charge on any atom is -0.165 e. The Morgan fingerprint density at radius 3 is 2.00 bits per heavy atom. The maximum absolute atomic E-state index is 12.7. The van der Waals surface area contributed by atoms with Crippen LogP contribution in [0.25, 0.3) is 0 Å². The summed E-state index contributed by atoms with van der Waals surface area (Å²) >= 11 is 0.945. The number of unbranched alkanes of at least 4 members (excludes halogenated alkanes) is 5. The zero-order valence-electron chi connectivity index (χ0n) is 13.1. The highest BCUT2D eigenvalue weighted by Crippen LogP contribution is 2.39. The minimum atomic E-state index is -4.20. The number of hydrogen-bond acceptors (Lipinski definition) is 1. The molecule has 0 radical (unpaired) electrons. The molecule has 0 aromatic carbocycles. The van der Waals surface area contributed by atoms with Gasteiger partial charge >= 0.3 is 6.18 Å². The first-order chi connectivity index (χ1) is 9.99. The second kappa shape index (κ2) is 9.50. The molecule has 21 heavy (non-hydrogen) atoms. The van der Waals surface area contributed by atoms with Crippen LogP contribution in [0, 0.1) is 0 Å². The lowest BCUT2D eigenvalue weighted by Gasteiger charge is -2.15. The number of alkyl halides is 3. The zero-order valence-corrected chi connectivity index (χ0v) is 14.0. The molecule has 1 unspecified atom stereocenters. The summed E-state index contributed by atoms with van der Waals surface area (Å²) in [5.74, 6) is 0.314. The van der Waals surface area contributed by atoms with Crippen molar-refractivity contribution in [2.24, 2.45) is 0 Å². The Kier molecular flexibility index (Phi) is 8.38. The van der Waals surface area contributed by atoms with Gasteiger partial charge < -0.3 is 0 Å². The Bertz CT molecular complexity index is 382. The van der Waals surface area contributed by atoms with E-state index in [9.17, 15) is 13.2 Å². The molecule has 1 aromatic rings. The molecule has 0 saturated heterocycles. The maximum Gasteiger partial charge on any atom is 0.425 e. The highest BCUT2D eigenvalue weighted by Gasteiger charge is 2.33. The van der Waals surface area contributed by atoms with Gasteiger partial charge in [0.15, 0.2) is 0 Å². The number of rotatable bonds is 10. The summed E-state index contributed by atoms with van der Waals surface area (Å²) in [7, 11) is 0. The molecule has 1 rings (SSSR count). The molecule has 0 fully saturated rings. The van der Waals surface area contributed by atoms with E-state index in [1.54, 1.807) is 6.07 Å². The molecule has 0 saturated carbocycles. The molecule has 0 aliphatic rings. The molecule has 0 nitrogen and oxygen atoms in total. The summed E-state index contributed by atoms with van der Waals surface area (Å²) in [6.45, 7) is 4.33. The Hall–Kier alpha value is -0.510. The molecule has 1 heterocycles. The molecule has 0 N–H and O–H groups in total. The third-order valence-corrected chi connectivity index (χ3v) is 5.16. The largest absolute Gasteiger partial charge is 0.425 e. The molecule has 0 spiro atoms. The van der Waals surface area contributed by atoms with E-state index in [1.807, 2.05) is 0 Å². The molecule has 1 atom stereocenters. The van der Waals surface area contributed by atoms with Crippen molar-refractivity contribution in [2.75, 3.05) is 0 Å². The van der Waals surface area contributed by atoms with Crippen LogP contribution in [-0.2, 0) is 6.18 Å². The van der Waals surface area contributed by atoms with Crippen LogP contribution in [0.15, 0.2) is 12.1 Å². The molecule has 0 aliphatic heterocycles. The lowest BCUT2D eigenvalue weighted by atomic mass is 9.93. The quantitative estimate of drug-likeness (QED) is 0.394. The van der Waals surface area contributed by atoms with Crippen molar-refractivity contribution >= 4 is 11.3 Å². The number of halogens is 3. The van der Waals surface area contributed by atoms with E-state index in [2.05, 4.69) is 13.8 Å². The van der Waals surface area contributed by atoms with Crippen molar-refractivity contribution in [3.63, 3.8) is 0 Å². The van der Waals surface area contributed by atoms with E-state index in [4.69, 9.17) is 0 Å². The summed E-state index contributed by atoms with van der Waals surface area (Å²) in [5.41, 5.74) is 0. The first-order valence-corrected chi connectivity index (χ1v) is 8.97. The molecular weight excluding hydrogens is 293 g/mol. The summed E-state index contributed by atoms with van der Waals surface area (Å²) in [6.07, 6.45) is 6.04. The van der Waals surface area contributed by atoms with Gasteiger partial charge in [0.2, 0.25) is 0 Å². The van der Waals surface area contributed by atoms with Gasteiger partial charge in [-0.3, -0.25) is 0 Å². The van der Waals surface area contributed by atoms with Crippen molar-refractivity contribution in [2.45, 2.75) is 83.7 Å². The van der Waals surface area contributed by atoms with Crippen LogP contribution >= 0.6 is 11.3 Å². The summed E-state index contributed by atoms with van der Waals surface area (Å²) in [5, 5.41) is 0. The Balaban J connectivity index is 2.63. The molecule has 0 amide bonds. The SMILES string of the molecule is CCCCCCC(CCCCC)c1ccc(C(F)(F)F)s1. The van der Waals surface area contributed by atoms with Crippen molar-refractivity contribution in [1.29, 1.82) is 0 Å². The Morgan fingerprint density at radius 1 is 0.905 bits per heavy atom. The van der Waals surface area contributed by atoms with Crippen LogP contribution in [-0.4, -0.2) is 0 Å². The van der Waals surface area contributed by atoms with Gasteiger partial charge in [0.05, 0.1) is 0 Å². The Morgan fingerprint density at radius 2 is 1.48 bits per heavy atom. The fourth-order valence-corrected chi connectivity index (χ4v) is 3.66. The van der Waals surface area contributed by atoms with E-state index >= 15 is 0 Å². The van der Waals surface area contributed by atoms with Crippen LogP contribution in [0.2, 0.25) is 0 Å². The van der Waals surface area contributed by atoms with E-state index in [-0.39, 0.29) is 0 Å². The number of hydrogen-bond donors (Lipinski definition) is 0. The van der Waals surface area contributed by atoms with Crippen LogP contribution in [0.3, 0.4) is 0 Å². The maximum atomic E-state index is 12.7. The van der Waals surface area contributed by atoms with Gasteiger partial charge in [0.25, 0.3) is 0 Å². The first kappa shape index (κ1) is 18.5. The van der Waals surface area contributed by atoms with Gasteiger partial charge in [-0.1, -0.05) is 58.8 Å². The average Bonchev–Trinajstić information content (AvgIpc) is 2.91. The minimum absolute atomic E-state index is 0.314. The van der Waals surface area contributed by atoms with Gasteiger partial charge in [-0.25, -0.2) is 0 Å². The van der Waals surface area contributed by atoms with Crippen molar-refractivity contribution in [1.82, 2.24) is 0 Å². The second-order valence-corrected chi connectivity index (χ2v) is 6.86. The topological polar surface area (TPSA) is 0 Å². The monoisotopic (exact) mass is 320 g/mol. The van der Waals surface area contributed by atoms with Crippen molar-refractivity contribution in [3.05, 3.63) is 21.9 Å². The molecular formula is C17H27F3S. The molecule has 122 valence electrons. The van der Waals surface area contributed by atoms with Gasteiger partial charge in [0, 0.05) is 4.88 Å². The molecule has 0 bridgehead atoms. The van der Waals surface area contributed by atoms with Crippen LogP contribution in [0.4, 0.5) is 13.2 Å². The zero-order chi connectivity index (χ0) is 15.7. The van der Waals surface area contributed by atoms with Gasteiger partial charge in [-0.15, -0.1) is 11.3 Å².